The molecule has 0 amide bonds. The monoisotopic (exact) mass is 183 g/mol. The molecule has 0 aromatic heterocycles. The summed E-state index contributed by atoms with van der Waals surface area (Å²) < 4.78 is 0. The minimum Gasteiger partial charge on any atom is -0.0616 e. The van der Waals surface area contributed by atoms with E-state index in [4.69, 9.17) is 0 Å². The second-order valence-electron chi connectivity index (χ2n) is 3.15. The maximum Gasteiger partial charge on any atom is -0.00676 e. The van der Waals surface area contributed by atoms with Crippen LogP contribution < -0.4 is 10.6 Å². The first-order chi connectivity index (χ1) is 6.45. The van der Waals surface area contributed by atoms with E-state index >= 15 is 0 Å². The van der Waals surface area contributed by atoms with Crippen molar-refractivity contribution in [3.8, 4) is 11.1 Å². The summed E-state index contributed by atoms with van der Waals surface area (Å²) in [5.74, 6) is 0. The van der Waals surface area contributed by atoms with Gasteiger partial charge in [0.2, 0.25) is 0 Å². The van der Waals surface area contributed by atoms with Crippen molar-refractivity contribution in [1.82, 2.24) is 0 Å². The number of rotatable bonds is 0. The Balaban J connectivity index is 2.32. The van der Waals surface area contributed by atoms with Crippen LogP contribution in [0.3, 0.4) is 0 Å². The smallest absolute Gasteiger partial charge is 0.00676 e. The highest BCUT2D eigenvalue weighted by molar-refractivity contribution is 7.57. The third kappa shape index (κ3) is 1.03. The van der Waals surface area contributed by atoms with Gasteiger partial charge in [-0.25, -0.2) is 0 Å². The highest BCUT2D eigenvalue weighted by Gasteiger charge is 2.16. The molecular formula is C12H8P. The molecule has 0 N–H and O–H groups in total. The molecule has 0 spiro atoms. The van der Waals surface area contributed by atoms with E-state index in [1.165, 1.54) is 30.3 Å². The van der Waals surface area contributed by atoms with Crippen molar-refractivity contribution in [1.29, 1.82) is 0 Å². The highest BCUT2D eigenvalue weighted by Crippen LogP contribution is 2.31. The SMILES string of the molecule is c1ccc2c(c1)[P]c1ccccc1-2. The lowest BCUT2D eigenvalue weighted by atomic mass is 10.1. The summed E-state index contributed by atoms with van der Waals surface area (Å²) in [6.07, 6.45) is 0. The Morgan fingerprint density at radius 3 is 1.62 bits per heavy atom. The molecule has 2 aromatic rings. The maximum absolute atomic E-state index is 2.21. The zero-order valence-corrected chi connectivity index (χ0v) is 7.96. The number of fused-ring (bicyclic) bond motifs is 3. The number of hydrogen-bond donors (Lipinski definition) is 0. The van der Waals surface area contributed by atoms with Crippen molar-refractivity contribution in [2.24, 2.45) is 0 Å². The molecule has 61 valence electrons. The fraction of sp³-hybridized carbons (Fsp3) is 0. The molecule has 0 unspecified atom stereocenters. The van der Waals surface area contributed by atoms with E-state index in [1.807, 2.05) is 0 Å². The number of hydrogen-bond acceptors (Lipinski definition) is 0. The fourth-order valence-electron chi connectivity index (χ4n) is 1.73. The largest absolute Gasteiger partial charge is 0.0616 e. The Labute approximate surface area is 79.4 Å². The van der Waals surface area contributed by atoms with Gasteiger partial charge in [-0.3, -0.25) is 0 Å². The molecule has 0 saturated carbocycles. The summed E-state index contributed by atoms with van der Waals surface area (Å²) >= 11 is 0. The third-order valence-corrected chi connectivity index (χ3v) is 3.60. The van der Waals surface area contributed by atoms with Crippen LogP contribution in [0.4, 0.5) is 0 Å². The Kier molecular flexibility index (Phi) is 1.50. The molecule has 1 aliphatic rings. The molecule has 0 aliphatic carbocycles. The summed E-state index contributed by atoms with van der Waals surface area (Å²) in [4.78, 5) is 0. The first-order valence-corrected chi connectivity index (χ1v) is 5.25. The molecule has 0 atom stereocenters. The van der Waals surface area contributed by atoms with Gasteiger partial charge in [-0.15, -0.1) is 0 Å². The lowest BCUT2D eigenvalue weighted by molar-refractivity contribution is 1.71. The van der Waals surface area contributed by atoms with Gasteiger partial charge in [-0.2, -0.15) is 0 Å². The molecule has 0 bridgehead atoms. The van der Waals surface area contributed by atoms with Crippen LogP contribution in [0.2, 0.25) is 0 Å². The lowest BCUT2D eigenvalue weighted by Crippen LogP contribution is -1.92. The summed E-state index contributed by atoms with van der Waals surface area (Å²) in [6.45, 7) is 0. The van der Waals surface area contributed by atoms with Gasteiger partial charge in [-0.05, 0) is 30.3 Å². The van der Waals surface area contributed by atoms with Gasteiger partial charge < -0.3 is 0 Å². The first-order valence-electron chi connectivity index (χ1n) is 4.35. The van der Waals surface area contributed by atoms with Crippen LogP contribution in [0.5, 0.6) is 0 Å². The van der Waals surface area contributed by atoms with Crippen LogP contribution in [0, 0.1) is 0 Å². The Hall–Kier alpha value is -1.13. The molecule has 1 heterocycles. The van der Waals surface area contributed by atoms with E-state index in [0.29, 0.717) is 0 Å². The van der Waals surface area contributed by atoms with Gasteiger partial charge in [0.05, 0.1) is 0 Å². The Morgan fingerprint density at radius 2 is 1.08 bits per heavy atom. The van der Waals surface area contributed by atoms with Crippen molar-refractivity contribution in [3.63, 3.8) is 0 Å². The average molecular weight is 183 g/mol. The van der Waals surface area contributed by atoms with Crippen LogP contribution in [0.25, 0.3) is 11.1 Å². The van der Waals surface area contributed by atoms with Crippen molar-refractivity contribution >= 4 is 19.2 Å². The standard InChI is InChI=1S/C12H8P/c1-3-7-11-9(5-1)10-6-2-4-8-12(10)13-11/h1-8H. The molecule has 3 rings (SSSR count). The van der Waals surface area contributed by atoms with Crippen molar-refractivity contribution in [2.75, 3.05) is 0 Å². The van der Waals surface area contributed by atoms with E-state index in [0.717, 1.165) is 0 Å². The molecule has 1 aliphatic heterocycles. The average Bonchev–Trinajstić information content (AvgIpc) is 2.56. The molecule has 0 nitrogen and oxygen atoms in total. The van der Waals surface area contributed by atoms with Crippen LogP contribution in [0.1, 0.15) is 0 Å². The maximum atomic E-state index is 2.21. The predicted octanol–water partition coefficient (Wildman–Crippen LogP) is 2.56. The molecule has 1 radical (unpaired) electrons. The van der Waals surface area contributed by atoms with Crippen molar-refractivity contribution in [2.45, 2.75) is 0 Å². The van der Waals surface area contributed by atoms with Crippen LogP contribution in [-0.4, -0.2) is 0 Å². The molecule has 0 fully saturated rings. The normalized spacial score (nSPS) is 12.3. The van der Waals surface area contributed by atoms with Gasteiger partial charge in [0.25, 0.3) is 0 Å². The fourth-order valence-corrected chi connectivity index (χ4v) is 2.94. The van der Waals surface area contributed by atoms with Gasteiger partial charge in [0.15, 0.2) is 0 Å². The van der Waals surface area contributed by atoms with Gasteiger partial charge >= 0.3 is 0 Å². The number of benzene rings is 2. The van der Waals surface area contributed by atoms with Crippen LogP contribution >= 0.6 is 8.58 Å². The summed E-state index contributed by atoms with van der Waals surface area (Å²) in [7, 11) is 1.36. The third-order valence-electron chi connectivity index (χ3n) is 2.34. The van der Waals surface area contributed by atoms with Gasteiger partial charge in [-0.1, -0.05) is 48.5 Å². The quantitative estimate of drug-likeness (QED) is 0.470. The van der Waals surface area contributed by atoms with E-state index in [9.17, 15) is 0 Å². The van der Waals surface area contributed by atoms with Gasteiger partial charge in [0.1, 0.15) is 0 Å². The second kappa shape index (κ2) is 2.68. The Bertz CT molecular complexity index is 417. The zero-order valence-electron chi connectivity index (χ0n) is 7.07. The Morgan fingerprint density at radius 1 is 0.615 bits per heavy atom. The van der Waals surface area contributed by atoms with E-state index in [2.05, 4.69) is 48.5 Å². The topological polar surface area (TPSA) is 0 Å². The molecule has 1 heteroatoms. The molecule has 13 heavy (non-hydrogen) atoms. The molecule has 2 aromatic carbocycles. The van der Waals surface area contributed by atoms with E-state index in [1.54, 1.807) is 0 Å². The zero-order chi connectivity index (χ0) is 8.67. The van der Waals surface area contributed by atoms with Crippen molar-refractivity contribution in [3.05, 3.63) is 48.5 Å². The summed E-state index contributed by atoms with van der Waals surface area (Å²) in [5, 5.41) is 2.87. The second-order valence-corrected chi connectivity index (χ2v) is 4.33. The van der Waals surface area contributed by atoms with Crippen LogP contribution in [-0.2, 0) is 0 Å². The lowest BCUT2D eigenvalue weighted by Gasteiger charge is -1.97. The minimum atomic E-state index is 1.36. The van der Waals surface area contributed by atoms with Gasteiger partial charge in [0, 0.05) is 0 Å². The highest BCUT2D eigenvalue weighted by atomic mass is 31.1. The molecule has 0 saturated heterocycles. The minimum absolute atomic E-state index is 1.36. The summed E-state index contributed by atoms with van der Waals surface area (Å²) in [5.41, 5.74) is 2.81. The van der Waals surface area contributed by atoms with E-state index in [-0.39, 0.29) is 0 Å². The van der Waals surface area contributed by atoms with Crippen molar-refractivity contribution < 1.29 is 0 Å². The summed E-state index contributed by atoms with van der Waals surface area (Å²) in [6, 6.07) is 17.2. The van der Waals surface area contributed by atoms with Crippen LogP contribution in [0.15, 0.2) is 48.5 Å². The van der Waals surface area contributed by atoms with E-state index < -0.39 is 0 Å². The molecular weight excluding hydrogens is 175 g/mol. The predicted molar refractivity (Wildman–Crippen MR) is 58.1 cm³/mol. The first kappa shape index (κ1) is 7.29.